The first-order valence-corrected chi connectivity index (χ1v) is 9.47. The fraction of sp³-hybridized carbons (Fsp3) is 0.182. The van der Waals surface area contributed by atoms with E-state index in [1.807, 2.05) is 65.8 Å². The first kappa shape index (κ1) is 17.1. The summed E-state index contributed by atoms with van der Waals surface area (Å²) >= 11 is 6.27. The van der Waals surface area contributed by atoms with E-state index in [0.717, 1.165) is 40.3 Å². The number of hydrazone groups is 1. The number of aromatic nitrogens is 1. The summed E-state index contributed by atoms with van der Waals surface area (Å²) in [6, 6.07) is 17.7. The van der Waals surface area contributed by atoms with Crippen LogP contribution >= 0.6 is 11.6 Å². The highest BCUT2D eigenvalue weighted by Crippen LogP contribution is 2.48. The van der Waals surface area contributed by atoms with Gasteiger partial charge < -0.3 is 9.47 Å². The van der Waals surface area contributed by atoms with Gasteiger partial charge in [0, 0.05) is 35.0 Å². The Bertz CT molecular complexity index is 1040. The van der Waals surface area contributed by atoms with Crippen LogP contribution in [0, 0.1) is 0 Å². The van der Waals surface area contributed by atoms with E-state index in [1.165, 1.54) is 0 Å². The molecule has 0 spiro atoms. The summed E-state index contributed by atoms with van der Waals surface area (Å²) < 4.78 is 11.6. The number of rotatable bonds is 3. The van der Waals surface area contributed by atoms with E-state index in [4.69, 9.17) is 26.2 Å². The minimum absolute atomic E-state index is 0.0600. The van der Waals surface area contributed by atoms with Gasteiger partial charge in [-0.1, -0.05) is 17.7 Å². The average Bonchev–Trinajstić information content (AvgIpc) is 3.20. The smallest absolute Gasteiger partial charge is 0.215 e. The molecule has 2 aliphatic heterocycles. The van der Waals surface area contributed by atoms with Crippen molar-refractivity contribution in [3.63, 3.8) is 0 Å². The van der Waals surface area contributed by atoms with Crippen molar-refractivity contribution < 1.29 is 9.47 Å². The van der Waals surface area contributed by atoms with E-state index in [-0.39, 0.29) is 12.3 Å². The highest BCUT2D eigenvalue weighted by Gasteiger charge is 2.41. The number of pyridine rings is 1. The maximum absolute atomic E-state index is 6.31. The molecule has 2 aromatic carbocycles. The predicted molar refractivity (Wildman–Crippen MR) is 108 cm³/mol. The zero-order valence-corrected chi connectivity index (χ0v) is 16.0. The average molecular weight is 392 g/mol. The summed E-state index contributed by atoms with van der Waals surface area (Å²) in [6.45, 7) is 0. The Hall–Kier alpha value is -3.05. The molecule has 0 amide bonds. The highest BCUT2D eigenvalue weighted by molar-refractivity contribution is 6.30. The summed E-state index contributed by atoms with van der Waals surface area (Å²) in [5.41, 5.74) is 4.11. The lowest BCUT2D eigenvalue weighted by molar-refractivity contribution is -0.0192. The van der Waals surface area contributed by atoms with E-state index < -0.39 is 0 Å². The maximum Gasteiger partial charge on any atom is 0.215 e. The van der Waals surface area contributed by atoms with Gasteiger partial charge in [0.1, 0.15) is 11.5 Å². The van der Waals surface area contributed by atoms with Gasteiger partial charge in [-0.25, -0.2) is 5.01 Å². The lowest BCUT2D eigenvalue weighted by Gasteiger charge is -2.38. The Labute approximate surface area is 168 Å². The van der Waals surface area contributed by atoms with Crippen molar-refractivity contribution in [1.29, 1.82) is 0 Å². The molecule has 3 aromatic rings. The third-order valence-electron chi connectivity index (χ3n) is 5.14. The third-order valence-corrected chi connectivity index (χ3v) is 5.38. The van der Waals surface area contributed by atoms with Crippen LogP contribution < -0.4 is 9.47 Å². The number of hydrogen-bond acceptors (Lipinski definition) is 5. The van der Waals surface area contributed by atoms with Gasteiger partial charge >= 0.3 is 0 Å². The lowest BCUT2D eigenvalue weighted by Crippen LogP contribution is -2.33. The number of hydrogen-bond donors (Lipinski definition) is 0. The van der Waals surface area contributed by atoms with E-state index in [2.05, 4.69) is 4.98 Å². The zero-order chi connectivity index (χ0) is 19.1. The fourth-order valence-electron chi connectivity index (χ4n) is 3.76. The van der Waals surface area contributed by atoms with Crippen LogP contribution in [0.25, 0.3) is 0 Å². The molecule has 0 saturated carbocycles. The van der Waals surface area contributed by atoms with Crippen LogP contribution in [0.1, 0.15) is 35.4 Å². The number of benzene rings is 2. The topological polar surface area (TPSA) is 47.0 Å². The second-order valence-electron chi connectivity index (χ2n) is 6.81. The van der Waals surface area contributed by atoms with Crippen LogP contribution in [0.5, 0.6) is 11.5 Å². The molecule has 0 bridgehead atoms. The predicted octanol–water partition coefficient (Wildman–Crippen LogP) is 4.99. The molecule has 6 heteroatoms. The van der Waals surface area contributed by atoms with Crippen LogP contribution in [0.2, 0.25) is 5.02 Å². The second-order valence-corrected chi connectivity index (χ2v) is 7.25. The van der Waals surface area contributed by atoms with Crippen molar-refractivity contribution in [3.05, 3.63) is 88.7 Å². The Morgan fingerprint density at radius 3 is 2.75 bits per heavy atom. The molecule has 1 aromatic heterocycles. The van der Waals surface area contributed by atoms with Crippen LogP contribution in [0.3, 0.4) is 0 Å². The SMILES string of the molecule is COc1ccc(C2=NN3[C@@H](c4cccnc4)Oc4ccc(Cl)cc4[C@@H]3C2)cc1. The molecule has 0 fully saturated rings. The monoisotopic (exact) mass is 391 g/mol. The molecule has 0 unspecified atom stereocenters. The summed E-state index contributed by atoms with van der Waals surface area (Å²) in [7, 11) is 1.67. The molecular weight excluding hydrogens is 374 g/mol. The minimum atomic E-state index is -0.330. The molecule has 5 rings (SSSR count). The van der Waals surface area contributed by atoms with Gasteiger partial charge in [0.15, 0.2) is 0 Å². The van der Waals surface area contributed by atoms with Gasteiger partial charge in [-0.15, -0.1) is 0 Å². The number of nitrogens with zero attached hydrogens (tertiary/aromatic N) is 3. The van der Waals surface area contributed by atoms with Gasteiger partial charge in [0.2, 0.25) is 6.23 Å². The van der Waals surface area contributed by atoms with Crippen LogP contribution in [0.15, 0.2) is 72.1 Å². The highest BCUT2D eigenvalue weighted by atomic mass is 35.5. The maximum atomic E-state index is 6.31. The second kappa shape index (κ2) is 6.84. The van der Waals surface area contributed by atoms with Gasteiger partial charge in [-0.05, 0) is 54.1 Å². The van der Waals surface area contributed by atoms with Gasteiger partial charge in [-0.3, -0.25) is 4.98 Å². The number of methoxy groups -OCH3 is 1. The minimum Gasteiger partial charge on any atom is -0.497 e. The Kier molecular flexibility index (Phi) is 4.17. The molecule has 0 aliphatic carbocycles. The van der Waals surface area contributed by atoms with E-state index >= 15 is 0 Å². The van der Waals surface area contributed by atoms with E-state index in [1.54, 1.807) is 13.3 Å². The summed E-state index contributed by atoms with van der Waals surface area (Å²) in [5.74, 6) is 1.67. The number of ether oxygens (including phenoxy) is 2. The zero-order valence-electron chi connectivity index (χ0n) is 15.2. The van der Waals surface area contributed by atoms with Crippen molar-refractivity contribution in [2.75, 3.05) is 7.11 Å². The molecule has 0 radical (unpaired) electrons. The molecule has 28 heavy (non-hydrogen) atoms. The van der Waals surface area contributed by atoms with Crippen molar-refractivity contribution in [1.82, 2.24) is 9.99 Å². The molecule has 140 valence electrons. The summed E-state index contributed by atoms with van der Waals surface area (Å²) in [4.78, 5) is 4.25. The molecule has 5 nitrogen and oxygen atoms in total. The van der Waals surface area contributed by atoms with Crippen molar-refractivity contribution in [2.24, 2.45) is 5.10 Å². The van der Waals surface area contributed by atoms with Crippen molar-refractivity contribution in [2.45, 2.75) is 18.7 Å². The molecule has 0 saturated heterocycles. The number of halogens is 1. The fourth-order valence-corrected chi connectivity index (χ4v) is 3.94. The van der Waals surface area contributed by atoms with E-state index in [0.29, 0.717) is 5.02 Å². The van der Waals surface area contributed by atoms with E-state index in [9.17, 15) is 0 Å². The van der Waals surface area contributed by atoms with Crippen molar-refractivity contribution in [3.8, 4) is 11.5 Å². The number of fused-ring (bicyclic) bond motifs is 3. The van der Waals surface area contributed by atoms with Crippen LogP contribution in [0.4, 0.5) is 0 Å². The normalized spacial score (nSPS) is 20.1. The summed E-state index contributed by atoms with van der Waals surface area (Å²) in [6.07, 6.45) is 4.03. The lowest BCUT2D eigenvalue weighted by atomic mass is 9.96. The van der Waals surface area contributed by atoms with Crippen LogP contribution in [-0.2, 0) is 0 Å². The standard InChI is InChI=1S/C22H18ClN3O2/c1-27-17-7-4-14(5-8-17)19-12-20-18-11-16(23)6-9-21(18)28-22(26(20)25-19)15-3-2-10-24-13-15/h2-11,13,20,22H,12H2,1H3/t20-,22+/m0/s1. The Morgan fingerprint density at radius 2 is 2.00 bits per heavy atom. The Balaban J connectivity index is 1.57. The van der Waals surface area contributed by atoms with Gasteiger partial charge in [0.05, 0.1) is 18.9 Å². The molecule has 3 heterocycles. The molecule has 2 aliphatic rings. The molecular formula is C22H18ClN3O2. The van der Waals surface area contributed by atoms with Crippen LogP contribution in [-0.4, -0.2) is 22.8 Å². The molecule has 0 N–H and O–H groups in total. The third kappa shape index (κ3) is 2.88. The quantitative estimate of drug-likeness (QED) is 0.631. The van der Waals surface area contributed by atoms with Gasteiger partial charge in [0.25, 0.3) is 0 Å². The summed E-state index contributed by atoms with van der Waals surface area (Å²) in [5, 5.41) is 7.65. The first-order chi connectivity index (χ1) is 13.7. The van der Waals surface area contributed by atoms with Gasteiger partial charge in [-0.2, -0.15) is 5.10 Å². The molecule has 2 atom stereocenters. The van der Waals surface area contributed by atoms with Crippen molar-refractivity contribution >= 4 is 17.3 Å². The Morgan fingerprint density at radius 1 is 1.14 bits per heavy atom. The first-order valence-electron chi connectivity index (χ1n) is 9.09. The largest absolute Gasteiger partial charge is 0.497 e.